The molecule has 0 aliphatic heterocycles. The summed E-state index contributed by atoms with van der Waals surface area (Å²) >= 11 is 0. The first-order valence-corrected chi connectivity index (χ1v) is 4.74. The Balaban J connectivity index is 0. The summed E-state index contributed by atoms with van der Waals surface area (Å²) in [6.07, 6.45) is 1.81. The summed E-state index contributed by atoms with van der Waals surface area (Å²) in [5.74, 6) is 0. The van der Waals surface area contributed by atoms with Crippen LogP contribution >= 0.6 is 0 Å². The largest absolute Gasteiger partial charge is 0.268 e. The zero-order valence-corrected chi connectivity index (χ0v) is 9.94. The van der Waals surface area contributed by atoms with Crippen molar-refractivity contribution in [3.05, 3.63) is 23.9 Å². The molecule has 0 aromatic heterocycles. The molecule has 0 amide bonds. The van der Waals surface area contributed by atoms with Gasteiger partial charge in [0.05, 0.1) is 0 Å². The van der Waals surface area contributed by atoms with Gasteiger partial charge in [0.1, 0.15) is 0 Å². The van der Waals surface area contributed by atoms with E-state index in [1.165, 1.54) is 0 Å². The molecule has 0 heterocycles. The molecule has 0 aromatic carbocycles. The molecular formula is C12H23N. The van der Waals surface area contributed by atoms with Crippen molar-refractivity contribution in [2.24, 2.45) is 10.4 Å². The van der Waals surface area contributed by atoms with Crippen molar-refractivity contribution in [1.29, 1.82) is 0 Å². The fourth-order valence-corrected chi connectivity index (χ4v) is 1.05. The number of hydrogen-bond donors (Lipinski definition) is 0. The number of rotatable bonds is 2. The molecule has 1 heteroatoms. The van der Waals surface area contributed by atoms with E-state index < -0.39 is 0 Å². The highest BCUT2D eigenvalue weighted by Crippen LogP contribution is 2.28. The van der Waals surface area contributed by atoms with Gasteiger partial charge in [-0.25, -0.2) is 0 Å². The van der Waals surface area contributed by atoms with E-state index in [0.29, 0.717) is 0 Å². The Kier molecular flexibility index (Phi) is 7.49. The van der Waals surface area contributed by atoms with Crippen LogP contribution in [0, 0.1) is 5.41 Å². The van der Waals surface area contributed by atoms with Crippen molar-refractivity contribution in [3.63, 3.8) is 0 Å². The van der Waals surface area contributed by atoms with Gasteiger partial charge in [-0.1, -0.05) is 47.3 Å². The van der Waals surface area contributed by atoms with Crippen LogP contribution in [0.5, 0.6) is 0 Å². The summed E-state index contributed by atoms with van der Waals surface area (Å²) < 4.78 is 0. The molecule has 0 aromatic rings. The zero-order chi connectivity index (χ0) is 11.1. The van der Waals surface area contributed by atoms with Crippen molar-refractivity contribution in [2.75, 3.05) is 0 Å². The Bertz CT molecular complexity index is 192. The third-order valence-corrected chi connectivity index (χ3v) is 1.55. The third kappa shape index (κ3) is 5.40. The van der Waals surface area contributed by atoms with Gasteiger partial charge in [0.2, 0.25) is 0 Å². The second-order valence-electron chi connectivity index (χ2n) is 3.64. The molecule has 0 rings (SSSR count). The van der Waals surface area contributed by atoms with E-state index in [4.69, 9.17) is 0 Å². The van der Waals surface area contributed by atoms with Crippen molar-refractivity contribution < 1.29 is 0 Å². The predicted molar refractivity (Wildman–Crippen MR) is 63.2 cm³/mol. The monoisotopic (exact) mass is 181 g/mol. The number of aliphatic imine (C=N–C) groups is 1. The molecule has 0 radical (unpaired) electrons. The van der Waals surface area contributed by atoms with E-state index in [9.17, 15) is 0 Å². The van der Waals surface area contributed by atoms with Crippen LogP contribution in [-0.4, -0.2) is 6.72 Å². The van der Waals surface area contributed by atoms with Crippen molar-refractivity contribution in [1.82, 2.24) is 0 Å². The molecule has 0 bridgehead atoms. The first kappa shape index (κ1) is 14.7. The fourth-order valence-electron chi connectivity index (χ4n) is 1.05. The van der Waals surface area contributed by atoms with E-state index in [1.807, 2.05) is 26.8 Å². The van der Waals surface area contributed by atoms with Gasteiger partial charge in [-0.2, -0.15) is 0 Å². The summed E-state index contributed by atoms with van der Waals surface area (Å²) in [5, 5.41) is 0. The smallest absolute Gasteiger partial charge is 0.0478 e. The average molecular weight is 181 g/mol. The normalized spacial score (nSPS) is 12.2. The van der Waals surface area contributed by atoms with Gasteiger partial charge in [-0.3, -0.25) is 4.99 Å². The number of hydrogen-bond acceptors (Lipinski definition) is 1. The minimum Gasteiger partial charge on any atom is -0.268 e. The van der Waals surface area contributed by atoms with Gasteiger partial charge in [-0.05, 0) is 19.2 Å². The van der Waals surface area contributed by atoms with Crippen LogP contribution in [0.4, 0.5) is 0 Å². The van der Waals surface area contributed by atoms with E-state index in [1.54, 1.807) is 0 Å². The van der Waals surface area contributed by atoms with Crippen LogP contribution in [0.15, 0.2) is 28.9 Å². The van der Waals surface area contributed by atoms with E-state index in [-0.39, 0.29) is 5.41 Å². The van der Waals surface area contributed by atoms with Crippen molar-refractivity contribution >= 4 is 6.72 Å². The Morgan fingerprint density at radius 1 is 1.23 bits per heavy atom. The number of allylic oxidation sites excluding steroid dienone is 3. The lowest BCUT2D eigenvalue weighted by Crippen LogP contribution is -2.08. The SMILES string of the molecule is C=C/C(C)=C(\N=C)C(C)(C)C.CC. The average Bonchev–Trinajstić information content (AvgIpc) is 2.06. The molecule has 0 aliphatic rings. The highest BCUT2D eigenvalue weighted by atomic mass is 14.7. The maximum Gasteiger partial charge on any atom is 0.0478 e. The second-order valence-corrected chi connectivity index (χ2v) is 3.64. The minimum atomic E-state index is 0.0695. The molecular weight excluding hydrogens is 158 g/mol. The molecule has 0 unspecified atom stereocenters. The lowest BCUT2D eigenvalue weighted by Gasteiger charge is -2.20. The zero-order valence-electron chi connectivity index (χ0n) is 9.94. The van der Waals surface area contributed by atoms with Crippen LogP contribution in [0.25, 0.3) is 0 Å². The first-order chi connectivity index (χ1) is 5.93. The molecule has 0 saturated carbocycles. The van der Waals surface area contributed by atoms with Gasteiger partial charge in [0.25, 0.3) is 0 Å². The highest BCUT2D eigenvalue weighted by molar-refractivity contribution is 5.35. The van der Waals surface area contributed by atoms with E-state index >= 15 is 0 Å². The Hall–Kier alpha value is -0.850. The minimum absolute atomic E-state index is 0.0695. The Morgan fingerprint density at radius 2 is 1.62 bits per heavy atom. The maximum absolute atomic E-state index is 3.99. The van der Waals surface area contributed by atoms with Gasteiger partial charge in [0.15, 0.2) is 0 Å². The molecule has 1 nitrogen and oxygen atoms in total. The molecule has 0 atom stereocenters. The molecule has 76 valence electrons. The fraction of sp³-hybridized carbons (Fsp3) is 0.583. The maximum atomic E-state index is 3.99. The quantitative estimate of drug-likeness (QED) is 0.447. The van der Waals surface area contributed by atoms with Crippen molar-refractivity contribution in [2.45, 2.75) is 41.5 Å². The van der Waals surface area contributed by atoms with Crippen LogP contribution in [-0.2, 0) is 0 Å². The molecule has 0 aliphatic carbocycles. The summed E-state index contributed by atoms with van der Waals surface area (Å²) in [4.78, 5) is 3.99. The molecule has 0 N–H and O–H groups in total. The summed E-state index contributed by atoms with van der Waals surface area (Å²) in [5.41, 5.74) is 2.19. The molecule has 0 fully saturated rings. The van der Waals surface area contributed by atoms with E-state index in [0.717, 1.165) is 11.3 Å². The van der Waals surface area contributed by atoms with Crippen molar-refractivity contribution in [3.8, 4) is 0 Å². The van der Waals surface area contributed by atoms with Gasteiger partial charge in [-0.15, -0.1) is 0 Å². The van der Waals surface area contributed by atoms with Crippen LogP contribution in [0.2, 0.25) is 0 Å². The Morgan fingerprint density at radius 3 is 1.69 bits per heavy atom. The van der Waals surface area contributed by atoms with Crippen LogP contribution in [0.1, 0.15) is 41.5 Å². The lowest BCUT2D eigenvalue weighted by molar-refractivity contribution is 0.495. The van der Waals surface area contributed by atoms with Crippen LogP contribution < -0.4 is 0 Å². The third-order valence-electron chi connectivity index (χ3n) is 1.55. The molecule has 0 spiro atoms. The van der Waals surface area contributed by atoms with Gasteiger partial charge < -0.3 is 0 Å². The topological polar surface area (TPSA) is 12.4 Å². The second kappa shape index (κ2) is 6.64. The van der Waals surface area contributed by atoms with Crippen LogP contribution in [0.3, 0.4) is 0 Å². The molecule has 0 saturated heterocycles. The lowest BCUT2D eigenvalue weighted by atomic mass is 9.89. The predicted octanol–water partition coefficient (Wildman–Crippen LogP) is 4.22. The van der Waals surface area contributed by atoms with Gasteiger partial charge >= 0.3 is 0 Å². The van der Waals surface area contributed by atoms with Gasteiger partial charge in [0, 0.05) is 11.1 Å². The van der Waals surface area contributed by atoms with E-state index in [2.05, 4.69) is 39.1 Å². The standard InChI is InChI=1S/C10H17N.C2H6/c1-7-8(2)9(11-6)10(3,4)5;1-2/h7H,1,6H2,2-5H3;1-2H3/b9-8-;. The molecule has 13 heavy (non-hydrogen) atoms. The summed E-state index contributed by atoms with van der Waals surface area (Å²) in [6.45, 7) is 19.6. The first-order valence-electron chi connectivity index (χ1n) is 4.74. The summed E-state index contributed by atoms with van der Waals surface area (Å²) in [7, 11) is 0. The number of nitrogens with zero attached hydrogens (tertiary/aromatic N) is 1. The summed E-state index contributed by atoms with van der Waals surface area (Å²) in [6, 6.07) is 0. The Labute approximate surface area is 83.3 Å². The highest BCUT2D eigenvalue weighted by Gasteiger charge is 2.16.